The molecule has 2 aromatic carbocycles. The van der Waals surface area contributed by atoms with Gasteiger partial charge in [0.2, 0.25) is 0 Å². The molecule has 34 heavy (non-hydrogen) atoms. The second kappa shape index (κ2) is 10.8. The lowest BCUT2D eigenvalue weighted by Gasteiger charge is -2.32. The van der Waals surface area contributed by atoms with Crippen LogP contribution in [0.15, 0.2) is 74.0 Å². The molecule has 2 heterocycles. The standard InChI is InChI=1S/C30H36N4/c1-5-6-7-30(22(2)32-4)34-21-28-18-27(12-13-29(28)23(34)3)26-14-16-33(17-15-26)20-25-10-8-24(19-31)9-11-25/h5,8-13,18,26,30,32H,1-3,6-7,14-17,20-21H2,4H3. The van der Waals surface area contributed by atoms with Crippen LogP contribution in [0.2, 0.25) is 0 Å². The smallest absolute Gasteiger partial charge is 0.0991 e. The van der Waals surface area contributed by atoms with Crippen molar-refractivity contribution in [3.63, 3.8) is 0 Å². The Morgan fingerprint density at radius 2 is 1.94 bits per heavy atom. The fraction of sp³-hybridized carbons (Fsp3) is 0.367. The van der Waals surface area contributed by atoms with Crippen molar-refractivity contribution < 1.29 is 0 Å². The minimum atomic E-state index is 0.219. The molecule has 0 saturated carbocycles. The molecule has 2 aliphatic rings. The van der Waals surface area contributed by atoms with Gasteiger partial charge < -0.3 is 10.2 Å². The van der Waals surface area contributed by atoms with Crippen LogP contribution in [-0.4, -0.2) is 36.0 Å². The van der Waals surface area contributed by atoms with E-state index in [9.17, 15) is 0 Å². The number of fused-ring (bicyclic) bond motifs is 1. The molecular weight excluding hydrogens is 416 g/mol. The van der Waals surface area contributed by atoms with Crippen LogP contribution in [0, 0.1) is 11.3 Å². The zero-order valence-electron chi connectivity index (χ0n) is 20.4. The molecule has 4 heteroatoms. The number of nitrogens with zero attached hydrogens (tertiary/aromatic N) is 3. The fourth-order valence-electron chi connectivity index (χ4n) is 5.34. The summed E-state index contributed by atoms with van der Waals surface area (Å²) >= 11 is 0. The van der Waals surface area contributed by atoms with Crippen molar-refractivity contribution in [2.45, 2.75) is 50.7 Å². The molecule has 4 nitrogen and oxygen atoms in total. The van der Waals surface area contributed by atoms with E-state index in [1.54, 1.807) is 0 Å². The molecule has 0 radical (unpaired) electrons. The highest BCUT2D eigenvalue weighted by molar-refractivity contribution is 5.70. The summed E-state index contributed by atoms with van der Waals surface area (Å²) in [7, 11) is 1.95. The van der Waals surface area contributed by atoms with E-state index in [4.69, 9.17) is 5.26 Å². The van der Waals surface area contributed by atoms with Crippen LogP contribution >= 0.6 is 0 Å². The summed E-state index contributed by atoms with van der Waals surface area (Å²) in [6.45, 7) is 16.6. The number of nitriles is 1. The number of benzene rings is 2. The van der Waals surface area contributed by atoms with E-state index >= 15 is 0 Å². The SMILES string of the molecule is C=CCCC(C(=C)NC)N1Cc2cc(C3CCN(Cc4ccc(C#N)cc4)CC3)ccc2C1=C. The first-order valence-electron chi connectivity index (χ1n) is 12.3. The number of likely N-dealkylation sites (tertiary alicyclic amines) is 1. The van der Waals surface area contributed by atoms with Crippen LogP contribution in [0.5, 0.6) is 0 Å². The maximum Gasteiger partial charge on any atom is 0.0991 e. The Morgan fingerprint density at radius 1 is 1.21 bits per heavy atom. The Bertz CT molecular complexity index is 1080. The molecule has 1 fully saturated rings. The van der Waals surface area contributed by atoms with E-state index in [2.05, 4.69) is 71.3 Å². The maximum absolute atomic E-state index is 8.99. The van der Waals surface area contributed by atoms with Crippen LogP contribution in [0.1, 0.15) is 59.4 Å². The molecule has 1 atom stereocenters. The second-order valence-corrected chi connectivity index (χ2v) is 9.51. The summed E-state index contributed by atoms with van der Waals surface area (Å²) in [4.78, 5) is 4.93. The van der Waals surface area contributed by atoms with Crippen molar-refractivity contribution in [2.75, 3.05) is 20.1 Å². The third-order valence-electron chi connectivity index (χ3n) is 7.42. The summed E-state index contributed by atoms with van der Waals surface area (Å²) in [6.07, 6.45) is 6.28. The van der Waals surface area contributed by atoms with Crippen molar-refractivity contribution in [1.29, 1.82) is 5.26 Å². The Morgan fingerprint density at radius 3 is 2.59 bits per heavy atom. The van der Waals surface area contributed by atoms with Crippen molar-refractivity contribution in [2.24, 2.45) is 0 Å². The van der Waals surface area contributed by atoms with Gasteiger partial charge in [0.1, 0.15) is 0 Å². The highest BCUT2D eigenvalue weighted by atomic mass is 15.2. The summed E-state index contributed by atoms with van der Waals surface area (Å²) in [5.41, 5.74) is 8.26. The number of allylic oxidation sites excluding steroid dienone is 1. The minimum absolute atomic E-state index is 0.219. The van der Waals surface area contributed by atoms with Crippen LogP contribution in [0.3, 0.4) is 0 Å². The molecule has 4 rings (SSSR count). The van der Waals surface area contributed by atoms with E-state index < -0.39 is 0 Å². The molecule has 2 aromatic rings. The third-order valence-corrected chi connectivity index (χ3v) is 7.42. The molecule has 0 spiro atoms. The zero-order valence-corrected chi connectivity index (χ0v) is 20.4. The molecule has 0 aromatic heterocycles. The van der Waals surface area contributed by atoms with Crippen molar-refractivity contribution in [1.82, 2.24) is 15.1 Å². The molecule has 1 saturated heterocycles. The largest absolute Gasteiger partial charge is 0.390 e. The van der Waals surface area contributed by atoms with Crippen molar-refractivity contribution in [3.8, 4) is 6.07 Å². The predicted molar refractivity (Wildman–Crippen MR) is 141 cm³/mol. The lowest BCUT2D eigenvalue weighted by molar-refractivity contribution is 0.204. The molecule has 0 bridgehead atoms. The maximum atomic E-state index is 8.99. The van der Waals surface area contributed by atoms with Gasteiger partial charge in [0, 0.05) is 37.1 Å². The van der Waals surface area contributed by atoms with Gasteiger partial charge in [0.15, 0.2) is 0 Å². The van der Waals surface area contributed by atoms with Gasteiger partial charge in [0.05, 0.1) is 17.7 Å². The fourth-order valence-corrected chi connectivity index (χ4v) is 5.34. The Kier molecular flexibility index (Phi) is 7.55. The summed E-state index contributed by atoms with van der Waals surface area (Å²) < 4.78 is 0. The van der Waals surface area contributed by atoms with Crippen LogP contribution in [-0.2, 0) is 13.1 Å². The van der Waals surface area contributed by atoms with E-state index in [-0.39, 0.29) is 6.04 Å². The van der Waals surface area contributed by atoms with E-state index in [1.807, 2.05) is 25.3 Å². The van der Waals surface area contributed by atoms with Gasteiger partial charge in [-0.2, -0.15) is 5.26 Å². The molecule has 1 unspecified atom stereocenters. The summed E-state index contributed by atoms with van der Waals surface area (Å²) in [6, 6.07) is 17.4. The highest BCUT2D eigenvalue weighted by Gasteiger charge is 2.30. The van der Waals surface area contributed by atoms with Gasteiger partial charge in [0.25, 0.3) is 0 Å². The molecule has 0 aliphatic carbocycles. The van der Waals surface area contributed by atoms with Gasteiger partial charge in [-0.3, -0.25) is 4.90 Å². The van der Waals surface area contributed by atoms with E-state index in [1.165, 1.54) is 35.1 Å². The number of hydrogen-bond donors (Lipinski definition) is 1. The van der Waals surface area contributed by atoms with E-state index in [0.29, 0.717) is 5.92 Å². The Balaban J connectivity index is 1.39. The molecule has 2 aliphatic heterocycles. The van der Waals surface area contributed by atoms with Crippen LogP contribution < -0.4 is 5.32 Å². The Labute approximate surface area is 204 Å². The Hall–Kier alpha value is -3.29. The van der Waals surface area contributed by atoms with Crippen molar-refractivity contribution in [3.05, 3.63) is 102 Å². The highest BCUT2D eigenvalue weighted by Crippen LogP contribution is 2.38. The number of rotatable bonds is 9. The summed E-state index contributed by atoms with van der Waals surface area (Å²) in [5, 5.41) is 12.3. The van der Waals surface area contributed by atoms with Crippen molar-refractivity contribution >= 4 is 5.70 Å². The lowest BCUT2D eigenvalue weighted by Crippen LogP contribution is -2.35. The molecule has 1 N–H and O–H groups in total. The van der Waals surface area contributed by atoms with Gasteiger partial charge in [-0.15, -0.1) is 6.58 Å². The quantitative estimate of drug-likeness (QED) is 0.489. The second-order valence-electron chi connectivity index (χ2n) is 9.51. The minimum Gasteiger partial charge on any atom is -0.390 e. The molecule has 176 valence electrons. The van der Waals surface area contributed by atoms with Gasteiger partial charge in [-0.05, 0) is 73.5 Å². The van der Waals surface area contributed by atoms with Gasteiger partial charge >= 0.3 is 0 Å². The number of nitrogens with one attached hydrogen (secondary N) is 1. The average molecular weight is 453 g/mol. The van der Waals surface area contributed by atoms with Crippen LogP contribution in [0.4, 0.5) is 0 Å². The van der Waals surface area contributed by atoms with Crippen LogP contribution in [0.25, 0.3) is 5.70 Å². The first-order chi connectivity index (χ1) is 16.5. The monoisotopic (exact) mass is 452 g/mol. The molecule has 0 amide bonds. The average Bonchev–Trinajstić information content (AvgIpc) is 3.20. The topological polar surface area (TPSA) is 42.3 Å². The first-order valence-corrected chi connectivity index (χ1v) is 12.3. The zero-order chi connectivity index (χ0) is 24.1. The lowest BCUT2D eigenvalue weighted by atomic mass is 9.87. The predicted octanol–water partition coefficient (Wildman–Crippen LogP) is 5.79. The van der Waals surface area contributed by atoms with E-state index in [0.717, 1.165) is 56.0 Å². The number of likely N-dealkylation sites (N-methyl/N-ethyl adjacent to an activating group) is 1. The molecular formula is C30H36N4. The number of piperidine rings is 1. The van der Waals surface area contributed by atoms with Gasteiger partial charge in [-0.1, -0.05) is 49.6 Å². The summed E-state index contributed by atoms with van der Waals surface area (Å²) in [5.74, 6) is 0.605. The normalized spacial score (nSPS) is 17.2. The van der Waals surface area contributed by atoms with Gasteiger partial charge in [-0.25, -0.2) is 0 Å². The number of hydrogen-bond acceptors (Lipinski definition) is 4. The third kappa shape index (κ3) is 5.11. The first kappa shape index (κ1) is 23.9.